The first kappa shape index (κ1) is 17.8. The topological polar surface area (TPSA) is 117 Å². The molecule has 0 aliphatic carbocycles. The zero-order valence-electron chi connectivity index (χ0n) is 14.0. The van der Waals surface area contributed by atoms with Crippen LogP contribution in [0.4, 0.5) is 5.82 Å². The van der Waals surface area contributed by atoms with E-state index in [1.165, 1.54) is 16.7 Å². The van der Waals surface area contributed by atoms with E-state index in [1.54, 1.807) is 13.0 Å². The Hall–Kier alpha value is -2.06. The predicted molar refractivity (Wildman–Crippen MR) is 94.4 cm³/mol. The third-order valence-electron chi connectivity index (χ3n) is 4.76. The number of aryl methyl sites for hydroxylation is 1. The molecule has 0 radical (unpaired) electrons. The van der Waals surface area contributed by atoms with E-state index >= 15 is 0 Å². The SMILES string of the molecule is C[C@@H](O)[C@H]1C(=O)N2C(C(=O)O)=C(SCCc3cccc(N)n3)[C@H](C)[C@H]12. The van der Waals surface area contributed by atoms with Gasteiger partial charge in [-0.1, -0.05) is 13.0 Å². The van der Waals surface area contributed by atoms with Crippen molar-refractivity contribution < 1.29 is 19.8 Å². The zero-order valence-corrected chi connectivity index (χ0v) is 14.9. The molecule has 1 aromatic heterocycles. The van der Waals surface area contributed by atoms with Gasteiger partial charge in [0.25, 0.3) is 0 Å². The Bertz CT molecular complexity index is 749. The van der Waals surface area contributed by atoms with Gasteiger partial charge in [-0.2, -0.15) is 0 Å². The number of aromatic nitrogens is 1. The fourth-order valence-corrected chi connectivity index (χ4v) is 4.87. The summed E-state index contributed by atoms with van der Waals surface area (Å²) in [6, 6.07) is 5.15. The first-order valence-electron chi connectivity index (χ1n) is 8.15. The van der Waals surface area contributed by atoms with Gasteiger partial charge in [0.1, 0.15) is 11.5 Å². The number of rotatable bonds is 6. The van der Waals surface area contributed by atoms with Crippen LogP contribution in [0.5, 0.6) is 0 Å². The van der Waals surface area contributed by atoms with Crippen LogP contribution in [-0.4, -0.2) is 49.9 Å². The lowest BCUT2D eigenvalue weighted by Crippen LogP contribution is -2.63. The molecule has 1 saturated heterocycles. The molecule has 1 amide bonds. The number of amides is 1. The first-order valence-corrected chi connectivity index (χ1v) is 9.14. The minimum Gasteiger partial charge on any atom is -0.477 e. The normalized spacial score (nSPS) is 26.4. The van der Waals surface area contributed by atoms with Gasteiger partial charge in [0.05, 0.1) is 18.1 Å². The minimum absolute atomic E-state index is 0.0601. The molecule has 4 atom stereocenters. The summed E-state index contributed by atoms with van der Waals surface area (Å²) in [6.45, 7) is 3.49. The third-order valence-corrected chi connectivity index (χ3v) is 6.04. The molecule has 3 heterocycles. The maximum Gasteiger partial charge on any atom is 0.353 e. The summed E-state index contributed by atoms with van der Waals surface area (Å²) in [5.74, 6) is -0.952. The molecule has 0 unspecified atom stereocenters. The van der Waals surface area contributed by atoms with Crippen molar-refractivity contribution in [1.82, 2.24) is 9.88 Å². The second kappa shape index (κ2) is 6.68. The van der Waals surface area contributed by atoms with Gasteiger partial charge in [0.2, 0.25) is 5.91 Å². The molecule has 25 heavy (non-hydrogen) atoms. The number of carboxylic acid groups (broad SMARTS) is 1. The number of nitrogens with two attached hydrogens (primary N) is 1. The van der Waals surface area contributed by atoms with Crippen molar-refractivity contribution in [3.05, 3.63) is 34.5 Å². The molecule has 2 aliphatic rings. The number of carbonyl (C=O) groups is 2. The standard InChI is InChI=1S/C17H21N3O4S/c1-8-13-12(9(2)21)16(22)20(13)14(17(23)24)15(8)25-7-6-10-4-3-5-11(18)19-10/h3-5,8-9,12-13,21H,6-7H2,1-2H3,(H2,18,19)(H,23,24)/t8-,9-,12-,13-/m1/s1. The second-order valence-electron chi connectivity index (χ2n) is 6.42. The molecule has 134 valence electrons. The van der Waals surface area contributed by atoms with Crippen molar-refractivity contribution in [2.24, 2.45) is 11.8 Å². The number of carboxylic acids is 1. The maximum atomic E-state index is 12.3. The van der Waals surface area contributed by atoms with Crippen LogP contribution in [0.25, 0.3) is 0 Å². The van der Waals surface area contributed by atoms with Crippen molar-refractivity contribution >= 4 is 29.5 Å². The lowest BCUT2D eigenvalue weighted by Gasteiger charge is -2.46. The number of nitrogens with zero attached hydrogens (tertiary/aromatic N) is 2. The molecule has 4 N–H and O–H groups in total. The van der Waals surface area contributed by atoms with Crippen LogP contribution in [0.1, 0.15) is 19.5 Å². The van der Waals surface area contributed by atoms with Gasteiger partial charge in [-0.3, -0.25) is 4.79 Å². The number of anilines is 1. The van der Waals surface area contributed by atoms with Gasteiger partial charge in [0, 0.05) is 22.3 Å². The number of hydrogen-bond donors (Lipinski definition) is 3. The zero-order chi connectivity index (χ0) is 18.3. The van der Waals surface area contributed by atoms with Crippen LogP contribution in [0.3, 0.4) is 0 Å². The number of pyridine rings is 1. The van der Waals surface area contributed by atoms with Crippen LogP contribution in [-0.2, 0) is 16.0 Å². The molecular weight excluding hydrogens is 342 g/mol. The molecule has 7 nitrogen and oxygen atoms in total. The largest absolute Gasteiger partial charge is 0.477 e. The average molecular weight is 363 g/mol. The minimum atomic E-state index is -1.10. The summed E-state index contributed by atoms with van der Waals surface area (Å²) < 4.78 is 0. The van der Waals surface area contributed by atoms with E-state index in [9.17, 15) is 19.8 Å². The molecular formula is C17H21N3O4S. The van der Waals surface area contributed by atoms with Crippen LogP contribution in [0.2, 0.25) is 0 Å². The Kier molecular flexibility index (Phi) is 4.75. The summed E-state index contributed by atoms with van der Waals surface area (Å²) in [7, 11) is 0. The van der Waals surface area contributed by atoms with E-state index in [0.717, 1.165) is 5.69 Å². The van der Waals surface area contributed by atoms with Crippen molar-refractivity contribution in [2.75, 3.05) is 11.5 Å². The lowest BCUT2D eigenvalue weighted by molar-refractivity contribution is -0.163. The van der Waals surface area contributed by atoms with E-state index in [-0.39, 0.29) is 23.6 Å². The smallest absolute Gasteiger partial charge is 0.353 e. The van der Waals surface area contributed by atoms with Gasteiger partial charge in [-0.05, 0) is 25.5 Å². The van der Waals surface area contributed by atoms with Crippen molar-refractivity contribution in [1.29, 1.82) is 0 Å². The molecule has 3 rings (SSSR count). The highest BCUT2D eigenvalue weighted by atomic mass is 32.2. The maximum absolute atomic E-state index is 12.3. The van der Waals surface area contributed by atoms with Crippen molar-refractivity contribution in [3.63, 3.8) is 0 Å². The summed E-state index contributed by atoms with van der Waals surface area (Å²) >= 11 is 1.44. The molecule has 1 aromatic rings. The van der Waals surface area contributed by atoms with Gasteiger partial charge in [-0.25, -0.2) is 9.78 Å². The Labute approximate surface area is 149 Å². The van der Waals surface area contributed by atoms with E-state index in [1.807, 2.05) is 19.1 Å². The Morgan fingerprint density at radius 3 is 2.80 bits per heavy atom. The highest BCUT2D eigenvalue weighted by molar-refractivity contribution is 8.03. The highest BCUT2D eigenvalue weighted by Gasteiger charge is 2.59. The molecule has 0 aromatic carbocycles. The quantitative estimate of drug-likeness (QED) is 0.648. The lowest BCUT2D eigenvalue weighted by atomic mass is 9.79. The Morgan fingerprint density at radius 1 is 1.48 bits per heavy atom. The Morgan fingerprint density at radius 2 is 2.20 bits per heavy atom. The number of aliphatic hydroxyl groups excluding tert-OH is 1. The number of fused-ring (bicyclic) bond motifs is 1. The van der Waals surface area contributed by atoms with Crippen LogP contribution in [0, 0.1) is 11.8 Å². The summed E-state index contributed by atoms with van der Waals surface area (Å²) in [5.41, 5.74) is 6.57. The van der Waals surface area contributed by atoms with Crippen LogP contribution < -0.4 is 5.73 Å². The molecule has 1 fully saturated rings. The fourth-order valence-electron chi connectivity index (χ4n) is 3.62. The van der Waals surface area contributed by atoms with E-state index < -0.39 is 18.0 Å². The number of aliphatic hydroxyl groups is 1. The van der Waals surface area contributed by atoms with Crippen molar-refractivity contribution in [2.45, 2.75) is 32.4 Å². The van der Waals surface area contributed by atoms with Crippen LogP contribution in [0.15, 0.2) is 28.8 Å². The van der Waals surface area contributed by atoms with E-state index in [2.05, 4.69) is 4.98 Å². The number of thioether (sulfide) groups is 1. The fraction of sp³-hybridized carbons (Fsp3) is 0.471. The third kappa shape index (κ3) is 3.00. The molecule has 8 heteroatoms. The molecule has 0 spiro atoms. The van der Waals surface area contributed by atoms with Crippen molar-refractivity contribution in [3.8, 4) is 0 Å². The van der Waals surface area contributed by atoms with Gasteiger partial charge >= 0.3 is 5.97 Å². The molecule has 0 bridgehead atoms. The van der Waals surface area contributed by atoms with E-state index in [0.29, 0.717) is 22.9 Å². The monoisotopic (exact) mass is 363 g/mol. The highest BCUT2D eigenvalue weighted by Crippen LogP contribution is 2.50. The number of hydrogen-bond acceptors (Lipinski definition) is 6. The molecule has 0 saturated carbocycles. The summed E-state index contributed by atoms with van der Waals surface area (Å²) in [4.78, 5) is 30.2. The van der Waals surface area contributed by atoms with E-state index in [4.69, 9.17) is 5.73 Å². The van der Waals surface area contributed by atoms with Gasteiger partial charge in [-0.15, -0.1) is 11.8 Å². The number of nitrogen functional groups attached to an aromatic ring is 1. The average Bonchev–Trinajstić information content (AvgIpc) is 2.77. The second-order valence-corrected chi connectivity index (χ2v) is 7.56. The number of aliphatic carboxylic acids is 1. The number of carbonyl (C=O) groups excluding carboxylic acids is 1. The predicted octanol–water partition coefficient (Wildman–Crippen LogP) is 1.09. The number of β-lactam (4-membered cyclic amide) rings is 1. The summed E-state index contributed by atoms with van der Waals surface area (Å²) in [5, 5.41) is 19.4. The van der Waals surface area contributed by atoms with Gasteiger partial charge in [0.15, 0.2) is 0 Å². The Balaban J connectivity index is 1.75. The van der Waals surface area contributed by atoms with Gasteiger partial charge < -0.3 is 20.8 Å². The van der Waals surface area contributed by atoms with Crippen LogP contribution >= 0.6 is 11.8 Å². The first-order chi connectivity index (χ1) is 11.8. The summed E-state index contributed by atoms with van der Waals surface area (Å²) in [6.07, 6.45) is -0.135. The molecule has 2 aliphatic heterocycles.